The number of halogens is 4. The molecule has 0 atom stereocenters. The van der Waals surface area contributed by atoms with Crippen molar-refractivity contribution in [3.63, 3.8) is 0 Å². The Bertz CT molecular complexity index is 2680. The van der Waals surface area contributed by atoms with E-state index in [0.29, 0.717) is 17.5 Å². The van der Waals surface area contributed by atoms with E-state index < -0.39 is 0 Å². The third-order valence-corrected chi connectivity index (χ3v) is 11.0. The Morgan fingerprint density at radius 1 is 0.407 bits per heavy atom. The van der Waals surface area contributed by atoms with E-state index in [0.717, 1.165) is 16.7 Å². The standard InChI is InChI=1S/C24H18ClN3.C15H13.C9H5Cl2N3.BrH.Mg/c1-24(2)19-11-7-6-10-17(19)18-13-12-16(14-20(18)24)22-26-21(27-23(25)28-22)15-8-4-3-5-9-15;1-15(2)13-9-5-3-7-11(13)12-8-4-6-10-14(12)15;10-8-12-7(13-9(11)14-8)6-4-2-1-3-5-6;;/h3-14H,1-2H3;3-5,7-10H,1-2H3;1-5H;1H;/q;-1;;;+2/p-1. The minimum atomic E-state index is -0.0684. The Morgan fingerprint density at radius 3 is 1.36 bits per heavy atom. The second-order valence-corrected chi connectivity index (χ2v) is 15.8. The molecule has 0 radical (unpaired) electrons. The summed E-state index contributed by atoms with van der Waals surface area (Å²) in [5.74, 6) is 1.66. The number of aromatic nitrogens is 6. The molecule has 0 aliphatic heterocycles. The first-order chi connectivity index (χ1) is 27.5. The Balaban J connectivity index is 0.000000160. The predicted octanol–water partition coefficient (Wildman–Crippen LogP) is 9.43. The van der Waals surface area contributed by atoms with E-state index in [4.69, 9.17) is 34.8 Å². The van der Waals surface area contributed by atoms with E-state index >= 15 is 0 Å². The topological polar surface area (TPSA) is 77.3 Å². The smallest absolute Gasteiger partial charge is 1.00 e. The van der Waals surface area contributed by atoms with Gasteiger partial charge in [-0.25, -0.2) is 4.98 Å². The fraction of sp³-hybridized carbons (Fsp3) is 0.125. The third-order valence-electron chi connectivity index (χ3n) is 10.5. The second kappa shape index (κ2) is 18.4. The van der Waals surface area contributed by atoms with E-state index in [1.807, 2.05) is 66.7 Å². The van der Waals surface area contributed by atoms with Gasteiger partial charge in [-0.15, -0.1) is 11.1 Å². The van der Waals surface area contributed by atoms with Crippen molar-refractivity contribution < 1.29 is 17.0 Å². The fourth-order valence-electron chi connectivity index (χ4n) is 7.67. The number of nitrogens with zero attached hydrogens (tertiary/aromatic N) is 6. The van der Waals surface area contributed by atoms with Gasteiger partial charge >= 0.3 is 23.1 Å². The zero-order chi connectivity index (χ0) is 39.7. The summed E-state index contributed by atoms with van der Waals surface area (Å²) in [6.45, 7) is 9.09. The zero-order valence-electron chi connectivity index (χ0n) is 32.8. The third kappa shape index (κ3) is 8.99. The van der Waals surface area contributed by atoms with Gasteiger partial charge in [-0.2, -0.15) is 49.2 Å². The average molecular weight is 907 g/mol. The second-order valence-electron chi connectivity index (χ2n) is 14.8. The molecule has 2 aliphatic carbocycles. The van der Waals surface area contributed by atoms with Gasteiger partial charge < -0.3 is 17.0 Å². The molecule has 0 amide bonds. The summed E-state index contributed by atoms with van der Waals surface area (Å²) < 4.78 is 0. The van der Waals surface area contributed by atoms with Crippen LogP contribution in [0.2, 0.25) is 15.9 Å². The van der Waals surface area contributed by atoms with E-state index in [1.54, 1.807) is 0 Å². The largest absolute Gasteiger partial charge is 2.00 e. The number of hydrogen-bond donors (Lipinski definition) is 0. The number of benzene rings is 6. The van der Waals surface area contributed by atoms with Crippen LogP contribution in [0.25, 0.3) is 56.4 Å². The molecular weight excluding hydrogens is 871 g/mol. The molecule has 2 aromatic heterocycles. The summed E-state index contributed by atoms with van der Waals surface area (Å²) in [6, 6.07) is 52.4. The van der Waals surface area contributed by atoms with Crippen LogP contribution in [0.15, 0.2) is 146 Å². The molecule has 2 heterocycles. The van der Waals surface area contributed by atoms with Crippen LogP contribution < -0.4 is 17.0 Å². The predicted molar refractivity (Wildman–Crippen MR) is 237 cm³/mol. The van der Waals surface area contributed by atoms with Crippen LogP contribution >= 0.6 is 34.8 Å². The first-order valence-electron chi connectivity index (χ1n) is 18.5. The average Bonchev–Trinajstić information content (AvgIpc) is 3.61. The van der Waals surface area contributed by atoms with Crippen molar-refractivity contribution in [2.24, 2.45) is 0 Å². The molecule has 11 heteroatoms. The van der Waals surface area contributed by atoms with Crippen LogP contribution in [0.4, 0.5) is 0 Å². The summed E-state index contributed by atoms with van der Waals surface area (Å²) in [5, 5.41) is 0.402. The van der Waals surface area contributed by atoms with Gasteiger partial charge in [0, 0.05) is 22.1 Å². The first kappa shape index (κ1) is 44.0. The molecule has 0 bridgehead atoms. The van der Waals surface area contributed by atoms with Crippen molar-refractivity contribution >= 4 is 57.9 Å². The maximum atomic E-state index is 6.23. The van der Waals surface area contributed by atoms with Gasteiger partial charge in [0.2, 0.25) is 15.9 Å². The molecule has 0 unspecified atom stereocenters. The maximum Gasteiger partial charge on any atom is 2.00 e. The molecule has 288 valence electrons. The van der Waals surface area contributed by atoms with E-state index in [1.165, 1.54) is 44.5 Å². The minimum absolute atomic E-state index is 0. The first-order valence-corrected chi connectivity index (χ1v) is 19.6. The molecule has 6 aromatic carbocycles. The van der Waals surface area contributed by atoms with Gasteiger partial charge in [0.05, 0.1) is 0 Å². The molecule has 59 heavy (non-hydrogen) atoms. The Kier molecular flexibility index (Phi) is 13.7. The van der Waals surface area contributed by atoms with Crippen molar-refractivity contribution in [3.8, 4) is 56.4 Å². The molecule has 0 saturated carbocycles. The van der Waals surface area contributed by atoms with Crippen LogP contribution in [0, 0.1) is 6.07 Å². The van der Waals surface area contributed by atoms with E-state index in [9.17, 15) is 0 Å². The Morgan fingerprint density at radius 2 is 0.814 bits per heavy atom. The molecule has 0 N–H and O–H groups in total. The van der Waals surface area contributed by atoms with Crippen molar-refractivity contribution in [3.05, 3.63) is 190 Å². The van der Waals surface area contributed by atoms with Crippen molar-refractivity contribution in [2.75, 3.05) is 0 Å². The zero-order valence-corrected chi connectivity index (χ0v) is 38.0. The summed E-state index contributed by atoms with van der Waals surface area (Å²) in [5.41, 5.74) is 13.6. The van der Waals surface area contributed by atoms with Gasteiger partial charge in [0.1, 0.15) is 0 Å². The normalized spacial score (nSPS) is 13.0. The quantitative estimate of drug-likeness (QED) is 0.130. The Labute approximate surface area is 386 Å². The van der Waals surface area contributed by atoms with Crippen LogP contribution in [0.1, 0.15) is 49.9 Å². The molecule has 0 fully saturated rings. The van der Waals surface area contributed by atoms with E-state index in [-0.39, 0.29) is 66.7 Å². The number of rotatable bonds is 3. The van der Waals surface area contributed by atoms with Crippen molar-refractivity contribution in [1.82, 2.24) is 29.9 Å². The summed E-state index contributed by atoms with van der Waals surface area (Å²) in [6.07, 6.45) is 0. The molecule has 8 aromatic rings. The van der Waals surface area contributed by atoms with Gasteiger partial charge in [-0.3, -0.25) is 0 Å². The Hall–Kier alpha value is -4.54. The molecule has 6 nitrogen and oxygen atoms in total. The van der Waals surface area contributed by atoms with Crippen LogP contribution in [0.3, 0.4) is 0 Å². The van der Waals surface area contributed by atoms with Gasteiger partial charge in [-0.1, -0.05) is 149 Å². The number of hydrogen-bond acceptors (Lipinski definition) is 6. The van der Waals surface area contributed by atoms with Crippen LogP contribution in [-0.4, -0.2) is 53.0 Å². The van der Waals surface area contributed by atoms with Gasteiger partial charge in [0.25, 0.3) is 0 Å². The summed E-state index contributed by atoms with van der Waals surface area (Å²) in [4.78, 5) is 25.0. The van der Waals surface area contributed by atoms with Gasteiger partial charge in [-0.05, 0) is 79.7 Å². The van der Waals surface area contributed by atoms with Crippen molar-refractivity contribution in [1.29, 1.82) is 0 Å². The van der Waals surface area contributed by atoms with E-state index in [2.05, 4.69) is 143 Å². The van der Waals surface area contributed by atoms with Crippen LogP contribution in [-0.2, 0) is 10.8 Å². The molecule has 10 rings (SSSR count). The number of fused-ring (bicyclic) bond motifs is 6. The minimum Gasteiger partial charge on any atom is -1.00 e. The maximum absolute atomic E-state index is 6.23. The molecular formula is C48H36BrCl3MgN6. The van der Waals surface area contributed by atoms with Gasteiger partial charge in [0.15, 0.2) is 17.5 Å². The monoisotopic (exact) mass is 904 g/mol. The SMILES string of the molecule is CC1(C)c2c[c-]ccc2-c2ccccc21.CC1(C)c2ccccc2-c2ccc(-c3nc(Cl)nc(-c4ccccc4)n3)cc21.Clc1nc(Cl)nc(-c2ccccc2)n1.[Br-].[Mg+2]. The summed E-state index contributed by atoms with van der Waals surface area (Å²) >= 11 is 17.5. The molecule has 0 saturated heterocycles. The van der Waals surface area contributed by atoms with Crippen molar-refractivity contribution in [2.45, 2.75) is 38.5 Å². The fourth-order valence-corrected chi connectivity index (χ4v) is 8.20. The molecule has 0 spiro atoms. The summed E-state index contributed by atoms with van der Waals surface area (Å²) in [7, 11) is 0. The molecule has 2 aliphatic rings. The van der Waals surface area contributed by atoms with Crippen LogP contribution in [0.5, 0.6) is 0 Å².